The third-order valence-electron chi connectivity index (χ3n) is 4.02. The van der Waals surface area contributed by atoms with E-state index in [4.69, 9.17) is 0 Å². The summed E-state index contributed by atoms with van der Waals surface area (Å²) in [6.45, 7) is 5.05. The van der Waals surface area contributed by atoms with Crippen LogP contribution in [0.1, 0.15) is 26.7 Å². The highest BCUT2D eigenvalue weighted by Crippen LogP contribution is 2.30. The van der Waals surface area contributed by atoms with Gasteiger partial charge in [-0.05, 0) is 30.4 Å². The molecular formula is C15H19BrN2O. The molecule has 0 amide bonds. The standard InChI is InChI=1S/C15H19BrN2O/c1-3-15(4-2,9-16)10-18-11-17-13-8-6-5-7-12(13)14(18)19/h5-8,11H,3-4,9-10H2,1-2H3. The van der Waals surface area contributed by atoms with Crippen LogP contribution in [0.5, 0.6) is 0 Å². The van der Waals surface area contributed by atoms with E-state index in [1.807, 2.05) is 24.3 Å². The quantitative estimate of drug-likeness (QED) is 0.788. The maximum Gasteiger partial charge on any atom is 0.261 e. The van der Waals surface area contributed by atoms with Crippen molar-refractivity contribution >= 4 is 26.8 Å². The number of hydrogen-bond acceptors (Lipinski definition) is 2. The van der Waals surface area contributed by atoms with E-state index in [0.717, 1.165) is 23.7 Å². The van der Waals surface area contributed by atoms with Gasteiger partial charge in [0.2, 0.25) is 0 Å². The van der Waals surface area contributed by atoms with Crippen molar-refractivity contribution in [2.45, 2.75) is 33.2 Å². The van der Waals surface area contributed by atoms with E-state index in [0.29, 0.717) is 11.9 Å². The van der Waals surface area contributed by atoms with Crippen molar-refractivity contribution in [2.75, 3.05) is 5.33 Å². The maximum absolute atomic E-state index is 12.5. The molecule has 3 nitrogen and oxygen atoms in total. The Morgan fingerprint density at radius 3 is 2.58 bits per heavy atom. The maximum atomic E-state index is 12.5. The van der Waals surface area contributed by atoms with Crippen molar-refractivity contribution < 1.29 is 0 Å². The molecule has 0 N–H and O–H groups in total. The largest absolute Gasteiger partial charge is 0.298 e. The number of rotatable bonds is 5. The van der Waals surface area contributed by atoms with Crippen LogP contribution in [0.2, 0.25) is 0 Å². The lowest BCUT2D eigenvalue weighted by Crippen LogP contribution is -2.33. The van der Waals surface area contributed by atoms with Crippen LogP contribution in [0.15, 0.2) is 35.4 Å². The molecule has 0 spiro atoms. The highest BCUT2D eigenvalue weighted by molar-refractivity contribution is 9.09. The van der Waals surface area contributed by atoms with Crippen LogP contribution in [0, 0.1) is 5.41 Å². The SMILES string of the molecule is CCC(CC)(CBr)Cn1cnc2ccccc2c1=O. The summed E-state index contributed by atoms with van der Waals surface area (Å²) in [6.07, 6.45) is 3.75. The molecule has 0 saturated carbocycles. The summed E-state index contributed by atoms with van der Waals surface area (Å²) in [5.74, 6) is 0. The average molecular weight is 323 g/mol. The predicted octanol–water partition coefficient (Wildman–Crippen LogP) is 3.60. The molecular weight excluding hydrogens is 304 g/mol. The zero-order valence-corrected chi connectivity index (χ0v) is 13.0. The highest BCUT2D eigenvalue weighted by atomic mass is 79.9. The zero-order chi connectivity index (χ0) is 13.9. The van der Waals surface area contributed by atoms with Gasteiger partial charge in [-0.2, -0.15) is 0 Å². The fourth-order valence-electron chi connectivity index (χ4n) is 2.28. The Balaban J connectivity index is 2.46. The molecule has 1 aromatic heterocycles. The van der Waals surface area contributed by atoms with E-state index in [1.165, 1.54) is 0 Å². The molecule has 0 aliphatic carbocycles. The van der Waals surface area contributed by atoms with Crippen LogP contribution < -0.4 is 5.56 Å². The Morgan fingerprint density at radius 2 is 1.95 bits per heavy atom. The molecule has 0 fully saturated rings. The summed E-state index contributed by atoms with van der Waals surface area (Å²) < 4.78 is 1.75. The number of para-hydroxylation sites is 1. The summed E-state index contributed by atoms with van der Waals surface area (Å²) in [5.41, 5.74) is 0.938. The summed E-state index contributed by atoms with van der Waals surface area (Å²) in [4.78, 5) is 16.8. The van der Waals surface area contributed by atoms with Gasteiger partial charge in [0.05, 0.1) is 17.2 Å². The monoisotopic (exact) mass is 322 g/mol. The van der Waals surface area contributed by atoms with Crippen LogP contribution in [-0.4, -0.2) is 14.9 Å². The molecule has 0 atom stereocenters. The number of alkyl halides is 1. The van der Waals surface area contributed by atoms with Gasteiger partial charge in [0, 0.05) is 11.9 Å². The van der Waals surface area contributed by atoms with Crippen LogP contribution in [0.3, 0.4) is 0 Å². The van der Waals surface area contributed by atoms with E-state index in [-0.39, 0.29) is 11.0 Å². The van der Waals surface area contributed by atoms with Crippen molar-refractivity contribution in [1.29, 1.82) is 0 Å². The molecule has 0 unspecified atom stereocenters. The number of benzene rings is 1. The molecule has 2 rings (SSSR count). The second-order valence-electron chi connectivity index (χ2n) is 5.04. The second kappa shape index (κ2) is 5.87. The Bertz CT molecular complexity index is 609. The summed E-state index contributed by atoms with van der Waals surface area (Å²) in [5, 5.41) is 1.59. The van der Waals surface area contributed by atoms with Crippen LogP contribution in [-0.2, 0) is 6.54 Å². The highest BCUT2D eigenvalue weighted by Gasteiger charge is 2.26. The van der Waals surface area contributed by atoms with Crippen molar-refractivity contribution in [3.63, 3.8) is 0 Å². The first kappa shape index (κ1) is 14.3. The Morgan fingerprint density at radius 1 is 1.26 bits per heavy atom. The van der Waals surface area contributed by atoms with E-state index in [2.05, 4.69) is 34.8 Å². The van der Waals surface area contributed by atoms with Gasteiger partial charge in [-0.15, -0.1) is 0 Å². The number of nitrogens with zero attached hydrogens (tertiary/aromatic N) is 2. The Labute approximate surface area is 121 Å². The van der Waals surface area contributed by atoms with Crippen LogP contribution in [0.25, 0.3) is 10.9 Å². The van der Waals surface area contributed by atoms with Crippen molar-refractivity contribution in [3.8, 4) is 0 Å². The van der Waals surface area contributed by atoms with Gasteiger partial charge in [0.25, 0.3) is 5.56 Å². The molecule has 0 aliphatic heterocycles. The first-order chi connectivity index (χ1) is 9.15. The topological polar surface area (TPSA) is 34.9 Å². The van der Waals surface area contributed by atoms with Crippen LogP contribution >= 0.6 is 15.9 Å². The van der Waals surface area contributed by atoms with Gasteiger partial charge in [-0.25, -0.2) is 4.98 Å². The zero-order valence-electron chi connectivity index (χ0n) is 11.4. The Kier molecular flexibility index (Phi) is 4.40. The number of aromatic nitrogens is 2. The van der Waals surface area contributed by atoms with E-state index < -0.39 is 0 Å². The van der Waals surface area contributed by atoms with Gasteiger partial charge in [-0.3, -0.25) is 9.36 Å². The summed E-state index contributed by atoms with van der Waals surface area (Å²) >= 11 is 3.59. The molecule has 19 heavy (non-hydrogen) atoms. The van der Waals surface area contributed by atoms with E-state index in [9.17, 15) is 4.79 Å². The first-order valence-electron chi connectivity index (χ1n) is 6.66. The molecule has 0 bridgehead atoms. The summed E-state index contributed by atoms with van der Waals surface area (Å²) in [6, 6.07) is 7.50. The lowest BCUT2D eigenvalue weighted by atomic mass is 9.84. The molecule has 2 aromatic rings. The predicted molar refractivity (Wildman–Crippen MR) is 82.8 cm³/mol. The molecule has 0 saturated heterocycles. The molecule has 1 heterocycles. The number of fused-ring (bicyclic) bond motifs is 1. The number of hydrogen-bond donors (Lipinski definition) is 0. The van der Waals surface area contributed by atoms with E-state index in [1.54, 1.807) is 10.9 Å². The summed E-state index contributed by atoms with van der Waals surface area (Å²) in [7, 11) is 0. The van der Waals surface area contributed by atoms with Gasteiger partial charge in [0.15, 0.2) is 0 Å². The smallest absolute Gasteiger partial charge is 0.261 e. The fraction of sp³-hybridized carbons (Fsp3) is 0.467. The van der Waals surface area contributed by atoms with Crippen molar-refractivity contribution in [2.24, 2.45) is 5.41 Å². The Hall–Kier alpha value is -1.16. The molecule has 0 radical (unpaired) electrons. The fourth-order valence-corrected chi connectivity index (χ4v) is 3.26. The minimum Gasteiger partial charge on any atom is -0.298 e. The lowest BCUT2D eigenvalue weighted by molar-refractivity contribution is 0.256. The minimum absolute atomic E-state index is 0.0535. The molecule has 102 valence electrons. The molecule has 1 aromatic carbocycles. The second-order valence-corrected chi connectivity index (χ2v) is 5.60. The molecule has 0 aliphatic rings. The van der Waals surface area contributed by atoms with Gasteiger partial charge in [0.1, 0.15) is 0 Å². The minimum atomic E-state index is 0.0535. The normalized spacial score (nSPS) is 11.9. The van der Waals surface area contributed by atoms with Crippen molar-refractivity contribution in [3.05, 3.63) is 40.9 Å². The lowest BCUT2D eigenvalue weighted by Gasteiger charge is -2.30. The third-order valence-corrected chi connectivity index (χ3v) is 5.21. The van der Waals surface area contributed by atoms with Gasteiger partial charge >= 0.3 is 0 Å². The van der Waals surface area contributed by atoms with Crippen molar-refractivity contribution in [1.82, 2.24) is 9.55 Å². The first-order valence-corrected chi connectivity index (χ1v) is 7.78. The van der Waals surface area contributed by atoms with Gasteiger partial charge < -0.3 is 0 Å². The third kappa shape index (κ3) is 2.73. The molecule has 4 heteroatoms. The number of halogens is 1. The van der Waals surface area contributed by atoms with E-state index >= 15 is 0 Å². The average Bonchev–Trinajstić information content (AvgIpc) is 2.48. The van der Waals surface area contributed by atoms with Gasteiger partial charge in [-0.1, -0.05) is 41.9 Å². The van der Waals surface area contributed by atoms with Crippen LogP contribution in [0.4, 0.5) is 0 Å².